The summed E-state index contributed by atoms with van der Waals surface area (Å²) in [5, 5.41) is 13.7. The van der Waals surface area contributed by atoms with Crippen molar-refractivity contribution in [1.29, 1.82) is 0 Å². The number of ketones is 1. The van der Waals surface area contributed by atoms with Crippen LogP contribution in [-0.2, 0) is 14.1 Å². The SMILES string of the molecule is CC(C)C[C@H](NC(=O)[C@@H](CC(=O)c1cccc(-c2cccnc2)c1)[C@@H](C)O)B1O[C@@H]2C[C@H]3C[C@H](C3(C)C)[C@]2(C)O1. The summed E-state index contributed by atoms with van der Waals surface area (Å²) in [5.74, 6) is -0.459. The van der Waals surface area contributed by atoms with Crippen molar-refractivity contribution < 1.29 is 24.0 Å². The summed E-state index contributed by atoms with van der Waals surface area (Å²) in [7, 11) is -0.557. The summed E-state index contributed by atoms with van der Waals surface area (Å²) in [6.07, 6.45) is 5.18. The number of carbonyl (C=O) groups is 2. The average Bonchev–Trinajstić information content (AvgIpc) is 3.28. The van der Waals surface area contributed by atoms with E-state index in [1.165, 1.54) is 0 Å². The molecular formula is C32H43BN2O5. The quantitative estimate of drug-likeness (QED) is 0.317. The Bertz CT molecular complexity index is 1230. The molecule has 1 aromatic carbocycles. The van der Waals surface area contributed by atoms with E-state index in [9.17, 15) is 14.7 Å². The lowest BCUT2D eigenvalue weighted by Gasteiger charge is -2.64. The summed E-state index contributed by atoms with van der Waals surface area (Å²) in [6.45, 7) is 12.6. The van der Waals surface area contributed by atoms with Crippen molar-refractivity contribution in [3.8, 4) is 11.1 Å². The normalized spacial score (nSPS) is 28.8. The number of aromatic nitrogens is 1. The number of benzene rings is 1. The third kappa shape index (κ3) is 5.38. The van der Waals surface area contributed by atoms with Gasteiger partial charge in [-0.2, -0.15) is 0 Å². The lowest BCUT2D eigenvalue weighted by Crippen LogP contribution is -2.65. The molecule has 2 aromatic rings. The lowest BCUT2D eigenvalue weighted by atomic mass is 9.43. The molecule has 2 heterocycles. The van der Waals surface area contributed by atoms with Crippen LogP contribution in [0, 0.1) is 29.1 Å². The van der Waals surface area contributed by atoms with Gasteiger partial charge in [0.25, 0.3) is 0 Å². The molecule has 7 atom stereocenters. The van der Waals surface area contributed by atoms with Crippen LogP contribution in [0.1, 0.15) is 77.6 Å². The minimum Gasteiger partial charge on any atom is -0.404 e. The number of carbonyl (C=O) groups excluding carboxylic acids is 2. The molecule has 214 valence electrons. The van der Waals surface area contributed by atoms with Crippen LogP contribution in [0.15, 0.2) is 48.8 Å². The largest absolute Gasteiger partial charge is 0.481 e. The Balaban J connectivity index is 1.29. The fourth-order valence-corrected chi connectivity index (χ4v) is 7.31. The predicted octanol–water partition coefficient (Wildman–Crippen LogP) is 5.12. The van der Waals surface area contributed by atoms with E-state index in [1.54, 1.807) is 25.4 Å². The standard InChI is InChI=1S/C32H43BN2O5/c1-19(2)13-29(33-39-28-16-24-15-27(31(24,4)5)32(28,6)40-33)35-30(38)25(20(3)36)17-26(37)22-10-7-9-21(14-22)23-11-8-12-34-18-23/h7-12,14,18-20,24-25,27-29,36H,13,15-17H2,1-6H3,(H,35,38)/t20-,24-,25+,27-,28-,29+,32+/m1/s1. The highest BCUT2D eigenvalue weighted by Gasteiger charge is 2.68. The van der Waals surface area contributed by atoms with E-state index < -0.39 is 19.1 Å². The second kappa shape index (κ2) is 11.0. The van der Waals surface area contributed by atoms with Crippen LogP contribution in [0.25, 0.3) is 11.1 Å². The summed E-state index contributed by atoms with van der Waals surface area (Å²) < 4.78 is 13.2. The Morgan fingerprint density at radius 3 is 2.52 bits per heavy atom. The smallest absolute Gasteiger partial charge is 0.404 e. The van der Waals surface area contributed by atoms with Gasteiger partial charge in [0.1, 0.15) is 0 Å². The van der Waals surface area contributed by atoms with Gasteiger partial charge in [-0.3, -0.25) is 14.6 Å². The molecule has 4 aliphatic rings. The molecule has 2 N–H and O–H groups in total. The maximum Gasteiger partial charge on any atom is 0.481 e. The monoisotopic (exact) mass is 546 g/mol. The molecule has 3 saturated carbocycles. The second-order valence-corrected chi connectivity index (χ2v) is 13.4. The molecule has 8 heteroatoms. The predicted molar refractivity (Wildman–Crippen MR) is 155 cm³/mol. The van der Waals surface area contributed by atoms with E-state index in [0.717, 1.165) is 24.0 Å². The number of amides is 1. The van der Waals surface area contributed by atoms with E-state index in [1.807, 2.05) is 30.3 Å². The number of pyridine rings is 1. The second-order valence-electron chi connectivity index (χ2n) is 13.4. The molecule has 6 rings (SSSR count). The molecule has 3 aliphatic carbocycles. The van der Waals surface area contributed by atoms with Crippen molar-refractivity contribution in [1.82, 2.24) is 10.3 Å². The van der Waals surface area contributed by atoms with Crippen LogP contribution in [0.2, 0.25) is 0 Å². The first kappa shape index (κ1) is 29.0. The third-order valence-electron chi connectivity index (χ3n) is 9.85. The Hall–Kier alpha value is -2.55. The van der Waals surface area contributed by atoms with E-state index in [2.05, 4.69) is 44.9 Å². The van der Waals surface area contributed by atoms with Gasteiger partial charge in [0.15, 0.2) is 5.78 Å². The fraction of sp³-hybridized carbons (Fsp3) is 0.594. The molecule has 7 nitrogen and oxygen atoms in total. The van der Waals surface area contributed by atoms with Crippen LogP contribution in [0.3, 0.4) is 0 Å². The lowest BCUT2D eigenvalue weighted by molar-refractivity contribution is -0.199. The minimum atomic E-state index is -0.997. The van der Waals surface area contributed by atoms with Gasteiger partial charge in [-0.1, -0.05) is 52.0 Å². The Labute approximate surface area is 238 Å². The highest BCUT2D eigenvalue weighted by molar-refractivity contribution is 6.47. The molecule has 2 bridgehead atoms. The van der Waals surface area contributed by atoms with Crippen LogP contribution >= 0.6 is 0 Å². The molecule has 1 amide bonds. The van der Waals surface area contributed by atoms with Crippen molar-refractivity contribution in [2.24, 2.45) is 29.1 Å². The molecule has 0 unspecified atom stereocenters. The molecule has 0 spiro atoms. The number of Topliss-reactive ketones (excluding diaryl/α,β-unsaturated/α-hetero) is 1. The Morgan fingerprint density at radius 2 is 1.88 bits per heavy atom. The first-order valence-corrected chi connectivity index (χ1v) is 14.8. The van der Waals surface area contributed by atoms with E-state index in [0.29, 0.717) is 29.7 Å². The number of nitrogens with one attached hydrogen (secondary N) is 1. The summed E-state index contributed by atoms with van der Waals surface area (Å²) in [5.41, 5.74) is 2.14. The zero-order chi connectivity index (χ0) is 28.8. The highest BCUT2D eigenvalue weighted by atomic mass is 16.7. The molecule has 1 aromatic heterocycles. The zero-order valence-corrected chi connectivity index (χ0v) is 24.6. The van der Waals surface area contributed by atoms with Gasteiger partial charge in [0, 0.05) is 29.9 Å². The van der Waals surface area contributed by atoms with Gasteiger partial charge in [0.2, 0.25) is 5.91 Å². The number of aliphatic hydroxyl groups excluding tert-OH is 1. The van der Waals surface area contributed by atoms with Gasteiger partial charge >= 0.3 is 7.12 Å². The van der Waals surface area contributed by atoms with Crippen LogP contribution in [0.5, 0.6) is 0 Å². The summed E-state index contributed by atoms with van der Waals surface area (Å²) in [4.78, 5) is 31.1. The minimum absolute atomic E-state index is 0.0158. The number of hydrogen-bond acceptors (Lipinski definition) is 6. The molecule has 1 aliphatic heterocycles. The van der Waals surface area contributed by atoms with Crippen molar-refractivity contribution in [2.75, 3.05) is 0 Å². The van der Waals surface area contributed by atoms with Gasteiger partial charge in [-0.05, 0) is 74.0 Å². The van der Waals surface area contributed by atoms with Gasteiger partial charge in [-0.25, -0.2) is 0 Å². The van der Waals surface area contributed by atoms with Gasteiger partial charge < -0.3 is 19.7 Å². The number of aliphatic hydroxyl groups is 1. The summed E-state index contributed by atoms with van der Waals surface area (Å²) >= 11 is 0. The topological polar surface area (TPSA) is 97.8 Å². The third-order valence-corrected chi connectivity index (χ3v) is 9.85. The number of rotatable bonds is 10. The van der Waals surface area contributed by atoms with Crippen molar-refractivity contribution in [2.45, 2.75) is 91.0 Å². The molecule has 40 heavy (non-hydrogen) atoms. The first-order valence-electron chi connectivity index (χ1n) is 14.8. The fourth-order valence-electron chi connectivity index (χ4n) is 7.31. The first-order chi connectivity index (χ1) is 18.9. The molecule has 1 saturated heterocycles. The Kier molecular flexibility index (Phi) is 7.99. The van der Waals surface area contributed by atoms with Gasteiger partial charge in [-0.15, -0.1) is 0 Å². The number of nitrogens with zero attached hydrogens (tertiary/aromatic N) is 1. The molecular weight excluding hydrogens is 503 g/mol. The van der Waals surface area contributed by atoms with Crippen LogP contribution in [0.4, 0.5) is 0 Å². The number of hydrogen-bond donors (Lipinski definition) is 2. The van der Waals surface area contributed by atoms with Crippen molar-refractivity contribution in [3.63, 3.8) is 0 Å². The van der Waals surface area contributed by atoms with Crippen molar-refractivity contribution >= 4 is 18.8 Å². The average molecular weight is 547 g/mol. The van der Waals surface area contributed by atoms with Crippen LogP contribution < -0.4 is 5.32 Å². The van der Waals surface area contributed by atoms with Gasteiger partial charge in [0.05, 0.1) is 29.7 Å². The van der Waals surface area contributed by atoms with E-state index in [-0.39, 0.29) is 41.2 Å². The highest BCUT2D eigenvalue weighted by Crippen LogP contribution is 2.65. The van der Waals surface area contributed by atoms with Crippen molar-refractivity contribution in [3.05, 3.63) is 54.4 Å². The summed E-state index contributed by atoms with van der Waals surface area (Å²) in [6, 6.07) is 11.1. The van der Waals surface area contributed by atoms with E-state index in [4.69, 9.17) is 9.31 Å². The Morgan fingerprint density at radius 1 is 1.12 bits per heavy atom. The zero-order valence-electron chi connectivity index (χ0n) is 24.6. The maximum atomic E-state index is 13.6. The molecule has 4 fully saturated rings. The van der Waals surface area contributed by atoms with E-state index >= 15 is 0 Å². The maximum absolute atomic E-state index is 13.6. The van der Waals surface area contributed by atoms with Crippen LogP contribution in [-0.4, -0.2) is 52.6 Å². The molecule has 0 radical (unpaired) electrons.